The van der Waals surface area contributed by atoms with Gasteiger partial charge in [0.05, 0.1) is 12.2 Å². The molecule has 112 valence electrons. The Morgan fingerprint density at radius 2 is 2.00 bits per heavy atom. The van der Waals surface area contributed by atoms with Gasteiger partial charge < -0.3 is 13.9 Å². The van der Waals surface area contributed by atoms with Gasteiger partial charge in [0, 0.05) is 10.8 Å². The predicted molar refractivity (Wildman–Crippen MR) is 81.2 cm³/mol. The number of rotatable bonds is 5. The summed E-state index contributed by atoms with van der Waals surface area (Å²) >= 11 is 0. The number of esters is 1. The largest absolute Gasteiger partial charge is 0.481 e. The number of ether oxygens (including phenoxy) is 2. The molecule has 0 radical (unpaired) electrons. The summed E-state index contributed by atoms with van der Waals surface area (Å²) in [5.74, 6) is -0.140. The quantitative estimate of drug-likeness (QED) is 0.534. The highest BCUT2D eigenvalue weighted by atomic mass is 16.6. The molecule has 0 spiro atoms. The van der Waals surface area contributed by atoms with Gasteiger partial charge in [0.15, 0.2) is 12.9 Å². The molecule has 2 aromatic carbocycles. The first-order valence-electron chi connectivity index (χ1n) is 6.92. The van der Waals surface area contributed by atoms with Crippen LogP contribution in [0.2, 0.25) is 0 Å². The molecule has 0 saturated heterocycles. The van der Waals surface area contributed by atoms with E-state index in [-0.39, 0.29) is 13.2 Å². The molecule has 3 rings (SSSR count). The van der Waals surface area contributed by atoms with E-state index in [1.54, 1.807) is 19.1 Å². The number of carbonyl (C=O) groups excluding carboxylic acids is 2. The number of benzene rings is 2. The first-order valence-corrected chi connectivity index (χ1v) is 6.92. The van der Waals surface area contributed by atoms with Gasteiger partial charge in [-0.3, -0.25) is 4.79 Å². The highest BCUT2D eigenvalue weighted by Gasteiger charge is 2.13. The molecule has 5 heteroatoms. The summed E-state index contributed by atoms with van der Waals surface area (Å²) in [5.41, 5.74) is 1.67. The molecule has 3 aromatic rings. The standard InChI is InChI=1S/C17H14O5/c1-2-20-17(19)10-21-15-8-13-12-5-3-4-6-14(12)22-16(13)7-11(15)9-18/h3-9H,2,10H2,1H3. The van der Waals surface area contributed by atoms with Gasteiger partial charge in [0.1, 0.15) is 16.9 Å². The summed E-state index contributed by atoms with van der Waals surface area (Å²) < 4.78 is 15.9. The number of para-hydroxylation sites is 1. The van der Waals surface area contributed by atoms with Crippen molar-refractivity contribution >= 4 is 34.2 Å². The number of hydrogen-bond acceptors (Lipinski definition) is 5. The van der Waals surface area contributed by atoms with Crippen LogP contribution in [0.25, 0.3) is 21.9 Å². The molecule has 0 atom stereocenters. The highest BCUT2D eigenvalue weighted by Crippen LogP contribution is 2.33. The predicted octanol–water partition coefficient (Wildman–Crippen LogP) is 3.34. The van der Waals surface area contributed by atoms with Crippen molar-refractivity contribution in [3.05, 3.63) is 42.0 Å². The van der Waals surface area contributed by atoms with Crippen LogP contribution in [0.3, 0.4) is 0 Å². The van der Waals surface area contributed by atoms with Crippen molar-refractivity contribution in [2.45, 2.75) is 6.92 Å². The monoisotopic (exact) mass is 298 g/mol. The number of carbonyl (C=O) groups is 2. The van der Waals surface area contributed by atoms with E-state index in [1.807, 2.05) is 24.3 Å². The fourth-order valence-corrected chi connectivity index (χ4v) is 2.32. The van der Waals surface area contributed by atoms with Gasteiger partial charge in [0.25, 0.3) is 0 Å². The van der Waals surface area contributed by atoms with Crippen molar-refractivity contribution in [1.82, 2.24) is 0 Å². The molecule has 1 heterocycles. The Balaban J connectivity index is 2.02. The van der Waals surface area contributed by atoms with E-state index in [2.05, 4.69) is 0 Å². The Morgan fingerprint density at radius 3 is 2.77 bits per heavy atom. The molecule has 0 N–H and O–H groups in total. The molecule has 0 amide bonds. The Morgan fingerprint density at radius 1 is 1.18 bits per heavy atom. The molecule has 0 fully saturated rings. The van der Waals surface area contributed by atoms with Crippen molar-refractivity contribution in [3.8, 4) is 5.75 Å². The zero-order valence-corrected chi connectivity index (χ0v) is 12.0. The first kappa shape index (κ1) is 14.1. The van der Waals surface area contributed by atoms with Gasteiger partial charge in [-0.1, -0.05) is 18.2 Å². The maximum Gasteiger partial charge on any atom is 0.344 e. The average molecular weight is 298 g/mol. The average Bonchev–Trinajstić information content (AvgIpc) is 2.89. The number of fused-ring (bicyclic) bond motifs is 3. The second-order valence-corrected chi connectivity index (χ2v) is 4.70. The summed E-state index contributed by atoms with van der Waals surface area (Å²) in [7, 11) is 0. The Bertz CT molecular complexity index is 847. The van der Waals surface area contributed by atoms with Gasteiger partial charge >= 0.3 is 5.97 Å². The van der Waals surface area contributed by atoms with Crippen LogP contribution in [-0.2, 0) is 9.53 Å². The lowest BCUT2D eigenvalue weighted by atomic mass is 10.1. The molecule has 5 nitrogen and oxygen atoms in total. The van der Waals surface area contributed by atoms with Crippen LogP contribution in [0.15, 0.2) is 40.8 Å². The van der Waals surface area contributed by atoms with Crippen LogP contribution >= 0.6 is 0 Å². The van der Waals surface area contributed by atoms with Gasteiger partial charge in [-0.05, 0) is 25.1 Å². The molecule has 1 aromatic heterocycles. The maximum absolute atomic E-state index is 11.4. The molecule has 0 aliphatic rings. The SMILES string of the molecule is CCOC(=O)COc1cc2c(cc1C=O)oc1ccccc12. The normalized spacial score (nSPS) is 10.8. The Kier molecular flexibility index (Phi) is 3.78. The van der Waals surface area contributed by atoms with E-state index >= 15 is 0 Å². The summed E-state index contributed by atoms with van der Waals surface area (Å²) in [4.78, 5) is 22.6. The molecule has 0 aliphatic carbocycles. The molecule has 0 bridgehead atoms. The Labute approximate surface area is 126 Å². The lowest BCUT2D eigenvalue weighted by Gasteiger charge is -2.08. The number of aldehydes is 1. The molecular weight excluding hydrogens is 284 g/mol. The van der Waals surface area contributed by atoms with Crippen LogP contribution in [0.5, 0.6) is 5.75 Å². The highest BCUT2D eigenvalue weighted by molar-refractivity contribution is 6.07. The summed E-state index contributed by atoms with van der Waals surface area (Å²) in [6, 6.07) is 10.9. The third-order valence-corrected chi connectivity index (χ3v) is 3.29. The van der Waals surface area contributed by atoms with Crippen molar-refractivity contribution in [1.29, 1.82) is 0 Å². The maximum atomic E-state index is 11.4. The zero-order valence-electron chi connectivity index (χ0n) is 12.0. The molecule has 0 unspecified atom stereocenters. The van der Waals surface area contributed by atoms with Crippen LogP contribution in [0.4, 0.5) is 0 Å². The molecule has 22 heavy (non-hydrogen) atoms. The van der Waals surface area contributed by atoms with Gasteiger partial charge in [-0.2, -0.15) is 0 Å². The minimum atomic E-state index is -0.475. The van der Waals surface area contributed by atoms with E-state index in [9.17, 15) is 9.59 Å². The van der Waals surface area contributed by atoms with Crippen LogP contribution < -0.4 is 4.74 Å². The fourth-order valence-electron chi connectivity index (χ4n) is 2.32. The van der Waals surface area contributed by atoms with Crippen LogP contribution in [0.1, 0.15) is 17.3 Å². The van der Waals surface area contributed by atoms with Gasteiger partial charge in [-0.15, -0.1) is 0 Å². The van der Waals surface area contributed by atoms with Gasteiger partial charge in [-0.25, -0.2) is 4.79 Å². The van der Waals surface area contributed by atoms with Crippen LogP contribution in [0, 0.1) is 0 Å². The van der Waals surface area contributed by atoms with Gasteiger partial charge in [0.2, 0.25) is 0 Å². The third kappa shape index (κ3) is 2.53. The Hall–Kier alpha value is -2.82. The van der Waals surface area contributed by atoms with E-state index in [4.69, 9.17) is 13.9 Å². The smallest absolute Gasteiger partial charge is 0.344 e. The zero-order chi connectivity index (χ0) is 15.5. The first-order chi connectivity index (χ1) is 10.7. The van der Waals surface area contributed by atoms with Crippen molar-refractivity contribution in [2.75, 3.05) is 13.2 Å². The molecule has 0 aliphatic heterocycles. The minimum Gasteiger partial charge on any atom is -0.481 e. The van der Waals surface area contributed by atoms with E-state index in [0.29, 0.717) is 23.2 Å². The lowest BCUT2D eigenvalue weighted by molar-refractivity contribution is -0.145. The van der Waals surface area contributed by atoms with E-state index in [1.165, 1.54) is 0 Å². The molecular formula is C17H14O5. The topological polar surface area (TPSA) is 65.7 Å². The summed E-state index contributed by atoms with van der Waals surface area (Å²) in [5, 5.41) is 1.76. The number of furan rings is 1. The second kappa shape index (κ2) is 5.89. The lowest BCUT2D eigenvalue weighted by Crippen LogP contribution is -2.15. The van der Waals surface area contributed by atoms with E-state index < -0.39 is 5.97 Å². The minimum absolute atomic E-state index is 0.240. The van der Waals surface area contributed by atoms with Crippen molar-refractivity contribution < 1.29 is 23.5 Å². The summed E-state index contributed by atoms with van der Waals surface area (Å²) in [6.07, 6.45) is 0.674. The van der Waals surface area contributed by atoms with E-state index in [0.717, 1.165) is 16.4 Å². The van der Waals surface area contributed by atoms with Crippen molar-refractivity contribution in [3.63, 3.8) is 0 Å². The fraction of sp³-hybridized carbons (Fsp3) is 0.176. The molecule has 0 saturated carbocycles. The second-order valence-electron chi connectivity index (χ2n) is 4.70. The van der Waals surface area contributed by atoms with Crippen molar-refractivity contribution in [2.24, 2.45) is 0 Å². The summed E-state index contributed by atoms with van der Waals surface area (Å²) in [6.45, 7) is 1.77. The number of hydrogen-bond donors (Lipinski definition) is 0. The van der Waals surface area contributed by atoms with Crippen LogP contribution in [-0.4, -0.2) is 25.5 Å². The third-order valence-electron chi connectivity index (χ3n) is 3.29.